The first kappa shape index (κ1) is 22.8. The third-order valence-corrected chi connectivity index (χ3v) is 7.17. The molecule has 3 rings (SSSR count). The Morgan fingerprint density at radius 3 is 2.55 bits per heavy atom. The average molecular weight is 446 g/mol. The largest absolute Gasteiger partial charge is 0.465 e. The molecule has 0 atom stereocenters. The summed E-state index contributed by atoms with van der Waals surface area (Å²) in [5.41, 5.74) is 1.60. The Hall–Kier alpha value is -2.91. The molecule has 2 amide bonds. The Morgan fingerprint density at radius 2 is 1.87 bits per heavy atom. The summed E-state index contributed by atoms with van der Waals surface area (Å²) >= 11 is 0. The molecule has 0 spiro atoms. The van der Waals surface area contributed by atoms with Crippen molar-refractivity contribution in [1.82, 2.24) is 14.5 Å². The smallest absolute Gasteiger partial charge is 0.244 e. The SMILES string of the molecule is Cc1ccc(C)c(S(=O)(=O)N2CCN(C(=O)CCNC(=O)/C=C/c3ccco3)CC2)c1. The van der Waals surface area contributed by atoms with Crippen LogP contribution >= 0.6 is 0 Å². The van der Waals surface area contributed by atoms with Crippen molar-refractivity contribution in [2.45, 2.75) is 25.2 Å². The number of carbonyl (C=O) groups is 2. The number of nitrogens with one attached hydrogen (secondary N) is 1. The summed E-state index contributed by atoms with van der Waals surface area (Å²) < 4.78 is 32.5. The molecule has 0 unspecified atom stereocenters. The first-order valence-corrected chi connectivity index (χ1v) is 11.6. The fourth-order valence-corrected chi connectivity index (χ4v) is 5.09. The third kappa shape index (κ3) is 5.83. The lowest BCUT2D eigenvalue weighted by molar-refractivity contribution is -0.132. The van der Waals surface area contributed by atoms with Crippen molar-refractivity contribution >= 4 is 27.9 Å². The number of sulfonamides is 1. The first-order valence-electron chi connectivity index (χ1n) is 10.1. The van der Waals surface area contributed by atoms with E-state index in [-0.39, 0.29) is 37.9 Å². The maximum atomic E-state index is 13.0. The van der Waals surface area contributed by atoms with E-state index in [4.69, 9.17) is 4.42 Å². The zero-order valence-corrected chi connectivity index (χ0v) is 18.5. The quantitative estimate of drug-likeness (QED) is 0.657. The molecule has 0 saturated carbocycles. The van der Waals surface area contributed by atoms with Gasteiger partial charge in [0.1, 0.15) is 5.76 Å². The van der Waals surface area contributed by atoms with E-state index < -0.39 is 10.0 Å². The van der Waals surface area contributed by atoms with E-state index in [1.54, 1.807) is 42.2 Å². The molecule has 8 nitrogen and oxygen atoms in total. The molecule has 31 heavy (non-hydrogen) atoms. The van der Waals surface area contributed by atoms with Gasteiger partial charge in [-0.3, -0.25) is 9.59 Å². The van der Waals surface area contributed by atoms with Crippen LogP contribution in [0.2, 0.25) is 0 Å². The van der Waals surface area contributed by atoms with Gasteiger partial charge in [-0.2, -0.15) is 4.31 Å². The van der Waals surface area contributed by atoms with Crippen LogP contribution in [-0.2, 0) is 19.6 Å². The van der Waals surface area contributed by atoms with Crippen molar-refractivity contribution in [3.05, 3.63) is 59.6 Å². The van der Waals surface area contributed by atoms with E-state index >= 15 is 0 Å². The third-order valence-electron chi connectivity index (χ3n) is 5.13. The highest BCUT2D eigenvalue weighted by atomic mass is 32.2. The second-order valence-electron chi connectivity index (χ2n) is 7.44. The van der Waals surface area contributed by atoms with Crippen molar-refractivity contribution in [3.8, 4) is 0 Å². The van der Waals surface area contributed by atoms with Gasteiger partial charge < -0.3 is 14.6 Å². The fourth-order valence-electron chi connectivity index (χ4n) is 3.36. The molecule has 0 aliphatic carbocycles. The molecule has 2 aromatic rings. The van der Waals surface area contributed by atoms with Gasteiger partial charge in [-0.15, -0.1) is 0 Å². The monoisotopic (exact) mass is 445 g/mol. The average Bonchev–Trinajstić information content (AvgIpc) is 3.27. The molecule has 1 aliphatic rings. The van der Waals surface area contributed by atoms with Gasteiger partial charge >= 0.3 is 0 Å². The maximum absolute atomic E-state index is 13.0. The predicted molar refractivity (Wildman–Crippen MR) is 117 cm³/mol. The minimum absolute atomic E-state index is 0.112. The van der Waals surface area contributed by atoms with E-state index in [0.717, 1.165) is 5.56 Å². The second kappa shape index (κ2) is 9.93. The van der Waals surface area contributed by atoms with Gasteiger partial charge in [-0.05, 0) is 49.2 Å². The van der Waals surface area contributed by atoms with E-state index in [0.29, 0.717) is 29.3 Å². The number of hydrogen-bond acceptors (Lipinski definition) is 5. The van der Waals surface area contributed by atoms with Gasteiger partial charge in [-0.1, -0.05) is 12.1 Å². The van der Waals surface area contributed by atoms with Gasteiger partial charge in [0, 0.05) is 45.2 Å². The summed E-state index contributed by atoms with van der Waals surface area (Å²) in [4.78, 5) is 26.2. The summed E-state index contributed by atoms with van der Waals surface area (Å²) in [6, 6.07) is 8.83. The highest BCUT2D eigenvalue weighted by Crippen LogP contribution is 2.22. The molecule has 1 fully saturated rings. The van der Waals surface area contributed by atoms with Crippen molar-refractivity contribution in [1.29, 1.82) is 0 Å². The van der Waals surface area contributed by atoms with Crippen LogP contribution in [0.3, 0.4) is 0 Å². The first-order chi connectivity index (χ1) is 14.8. The van der Waals surface area contributed by atoms with Crippen LogP contribution in [0.4, 0.5) is 0 Å². The summed E-state index contributed by atoms with van der Waals surface area (Å²) in [6.07, 6.45) is 4.57. The summed E-state index contributed by atoms with van der Waals surface area (Å²) in [5.74, 6) is 0.146. The predicted octanol–water partition coefficient (Wildman–Crippen LogP) is 1.95. The molecular weight excluding hydrogens is 418 g/mol. The Morgan fingerprint density at radius 1 is 1.13 bits per heavy atom. The molecule has 1 N–H and O–H groups in total. The molecule has 9 heteroatoms. The highest BCUT2D eigenvalue weighted by Gasteiger charge is 2.30. The normalized spacial score (nSPS) is 15.4. The van der Waals surface area contributed by atoms with Gasteiger partial charge in [0.05, 0.1) is 11.2 Å². The Labute approximate surface area is 182 Å². The van der Waals surface area contributed by atoms with Crippen LogP contribution in [0.25, 0.3) is 6.08 Å². The van der Waals surface area contributed by atoms with Crippen LogP contribution < -0.4 is 5.32 Å². The number of piperazine rings is 1. The topological polar surface area (TPSA) is 99.9 Å². The minimum atomic E-state index is -3.59. The van der Waals surface area contributed by atoms with Crippen LogP contribution in [0, 0.1) is 13.8 Å². The Bertz CT molecular complexity index is 1050. The summed E-state index contributed by atoms with van der Waals surface area (Å²) in [5, 5.41) is 2.66. The van der Waals surface area contributed by atoms with Gasteiger partial charge in [0.15, 0.2) is 0 Å². The molecule has 0 radical (unpaired) electrons. The molecule has 2 heterocycles. The number of nitrogens with zero attached hydrogens (tertiary/aromatic N) is 2. The molecule has 1 aliphatic heterocycles. The zero-order valence-electron chi connectivity index (χ0n) is 17.7. The highest BCUT2D eigenvalue weighted by molar-refractivity contribution is 7.89. The number of furan rings is 1. The zero-order chi connectivity index (χ0) is 22.4. The standard InChI is InChI=1S/C22H27N3O5S/c1-17-5-6-18(2)20(16-17)31(28,29)25-13-11-24(12-14-25)22(27)9-10-23-21(26)8-7-19-4-3-15-30-19/h3-8,15-16H,9-14H2,1-2H3,(H,23,26)/b8-7+. The molecular formula is C22H27N3O5S. The lowest BCUT2D eigenvalue weighted by atomic mass is 10.2. The van der Waals surface area contributed by atoms with Crippen molar-refractivity contribution in [2.24, 2.45) is 0 Å². The molecule has 0 bridgehead atoms. The Kier molecular flexibility index (Phi) is 7.29. The lowest BCUT2D eigenvalue weighted by Gasteiger charge is -2.34. The molecule has 1 saturated heterocycles. The number of rotatable bonds is 7. The maximum Gasteiger partial charge on any atom is 0.244 e. The fraction of sp³-hybridized carbons (Fsp3) is 0.364. The summed E-state index contributed by atoms with van der Waals surface area (Å²) in [7, 11) is -3.59. The van der Waals surface area contributed by atoms with Crippen molar-refractivity contribution < 1.29 is 22.4 Å². The number of benzene rings is 1. The van der Waals surface area contributed by atoms with Crippen molar-refractivity contribution in [2.75, 3.05) is 32.7 Å². The van der Waals surface area contributed by atoms with Crippen LogP contribution in [-0.4, -0.2) is 62.2 Å². The van der Waals surface area contributed by atoms with Gasteiger partial charge in [-0.25, -0.2) is 8.42 Å². The second-order valence-corrected chi connectivity index (χ2v) is 9.35. The molecule has 1 aromatic heterocycles. The number of carbonyl (C=O) groups excluding carboxylic acids is 2. The minimum Gasteiger partial charge on any atom is -0.465 e. The lowest BCUT2D eigenvalue weighted by Crippen LogP contribution is -2.51. The van der Waals surface area contributed by atoms with Crippen molar-refractivity contribution in [3.63, 3.8) is 0 Å². The summed E-state index contributed by atoms with van der Waals surface area (Å²) in [6.45, 7) is 5.01. The van der Waals surface area contributed by atoms with Crippen LogP contribution in [0.1, 0.15) is 23.3 Å². The molecule has 1 aromatic carbocycles. The van der Waals surface area contributed by atoms with E-state index in [1.165, 1.54) is 16.6 Å². The van der Waals surface area contributed by atoms with Crippen LogP contribution in [0.15, 0.2) is 52.0 Å². The number of amides is 2. The molecule has 166 valence electrons. The Balaban J connectivity index is 1.46. The van der Waals surface area contributed by atoms with Gasteiger partial charge in [0.2, 0.25) is 21.8 Å². The van der Waals surface area contributed by atoms with E-state index in [1.807, 2.05) is 13.0 Å². The number of hydrogen-bond donors (Lipinski definition) is 1. The number of aryl methyl sites for hydroxylation is 2. The van der Waals surface area contributed by atoms with E-state index in [2.05, 4.69) is 5.32 Å². The van der Waals surface area contributed by atoms with Crippen LogP contribution in [0.5, 0.6) is 0 Å². The van der Waals surface area contributed by atoms with Gasteiger partial charge in [0.25, 0.3) is 0 Å². The van der Waals surface area contributed by atoms with E-state index in [9.17, 15) is 18.0 Å².